The SMILES string of the molecule is CCOC(C(O)CCc1nccn1C)C1CCCCC1. The van der Waals surface area contributed by atoms with E-state index in [4.69, 9.17) is 4.74 Å². The number of hydrogen-bond acceptors (Lipinski definition) is 3. The fourth-order valence-electron chi connectivity index (χ4n) is 3.30. The number of hydrogen-bond donors (Lipinski definition) is 1. The minimum absolute atomic E-state index is 0.000526. The summed E-state index contributed by atoms with van der Waals surface area (Å²) in [5.41, 5.74) is 0. The largest absolute Gasteiger partial charge is 0.390 e. The number of nitrogens with zero attached hydrogens (tertiary/aromatic N) is 2. The lowest BCUT2D eigenvalue weighted by Crippen LogP contribution is -2.37. The Morgan fingerprint density at radius 2 is 2.15 bits per heavy atom. The second-order valence-corrected chi connectivity index (χ2v) is 5.88. The molecule has 2 unspecified atom stereocenters. The van der Waals surface area contributed by atoms with Crippen molar-refractivity contribution in [3.05, 3.63) is 18.2 Å². The molecule has 0 bridgehead atoms. The summed E-state index contributed by atoms with van der Waals surface area (Å²) >= 11 is 0. The average Bonchev–Trinajstić information content (AvgIpc) is 2.88. The number of rotatable bonds is 7. The summed E-state index contributed by atoms with van der Waals surface area (Å²) in [5.74, 6) is 1.56. The van der Waals surface area contributed by atoms with E-state index < -0.39 is 0 Å². The van der Waals surface area contributed by atoms with Crippen LogP contribution in [0.4, 0.5) is 0 Å². The van der Waals surface area contributed by atoms with Crippen LogP contribution in [0.15, 0.2) is 12.4 Å². The molecule has 2 atom stereocenters. The lowest BCUT2D eigenvalue weighted by Gasteiger charge is -2.33. The quantitative estimate of drug-likeness (QED) is 0.835. The first-order valence-corrected chi connectivity index (χ1v) is 7.98. The molecule has 0 amide bonds. The maximum absolute atomic E-state index is 10.5. The summed E-state index contributed by atoms with van der Waals surface area (Å²) in [6, 6.07) is 0. The predicted molar refractivity (Wildman–Crippen MR) is 79.5 cm³/mol. The first kappa shape index (κ1) is 15.5. The molecule has 1 aliphatic rings. The Morgan fingerprint density at radius 3 is 2.75 bits per heavy atom. The van der Waals surface area contributed by atoms with Gasteiger partial charge in [0.15, 0.2) is 0 Å². The molecule has 0 aromatic carbocycles. The van der Waals surface area contributed by atoms with Crippen molar-refractivity contribution in [1.29, 1.82) is 0 Å². The van der Waals surface area contributed by atoms with E-state index in [1.807, 2.05) is 30.9 Å². The highest BCUT2D eigenvalue weighted by molar-refractivity contribution is 4.92. The van der Waals surface area contributed by atoms with Gasteiger partial charge in [-0.15, -0.1) is 0 Å². The number of ether oxygens (including phenoxy) is 1. The van der Waals surface area contributed by atoms with Crippen LogP contribution < -0.4 is 0 Å². The third-order valence-corrected chi connectivity index (χ3v) is 4.44. The second-order valence-electron chi connectivity index (χ2n) is 5.88. The van der Waals surface area contributed by atoms with Gasteiger partial charge in [0.2, 0.25) is 0 Å². The molecule has 0 spiro atoms. The Hall–Kier alpha value is -0.870. The molecule has 1 fully saturated rings. The summed E-state index contributed by atoms with van der Waals surface area (Å²) in [6.45, 7) is 2.70. The fraction of sp³-hybridized carbons (Fsp3) is 0.812. The summed E-state index contributed by atoms with van der Waals surface area (Å²) in [7, 11) is 2.00. The van der Waals surface area contributed by atoms with Crippen LogP contribution in [0, 0.1) is 5.92 Å². The zero-order chi connectivity index (χ0) is 14.4. The zero-order valence-corrected chi connectivity index (χ0v) is 12.8. The minimum atomic E-state index is -0.380. The molecule has 1 N–H and O–H groups in total. The molecule has 1 heterocycles. The lowest BCUT2D eigenvalue weighted by atomic mass is 9.82. The van der Waals surface area contributed by atoms with E-state index in [1.54, 1.807) is 0 Å². The van der Waals surface area contributed by atoms with Crippen molar-refractivity contribution in [3.63, 3.8) is 0 Å². The van der Waals surface area contributed by atoms with Gasteiger partial charge in [-0.05, 0) is 32.1 Å². The Morgan fingerprint density at radius 1 is 1.40 bits per heavy atom. The molecule has 4 heteroatoms. The Bertz CT molecular complexity index is 386. The summed E-state index contributed by atoms with van der Waals surface area (Å²) in [4.78, 5) is 4.32. The third kappa shape index (κ3) is 4.06. The molecular formula is C16H28N2O2. The molecule has 2 rings (SSSR count). The molecule has 1 aromatic rings. The van der Waals surface area contributed by atoms with E-state index in [0.717, 1.165) is 18.7 Å². The van der Waals surface area contributed by atoms with E-state index >= 15 is 0 Å². The van der Waals surface area contributed by atoms with Crippen molar-refractivity contribution in [1.82, 2.24) is 9.55 Å². The predicted octanol–water partition coefficient (Wildman–Crippen LogP) is 2.70. The maximum atomic E-state index is 10.5. The topological polar surface area (TPSA) is 47.3 Å². The molecule has 4 nitrogen and oxygen atoms in total. The Labute approximate surface area is 122 Å². The van der Waals surface area contributed by atoms with Crippen LogP contribution >= 0.6 is 0 Å². The monoisotopic (exact) mass is 280 g/mol. The Balaban J connectivity index is 1.88. The summed E-state index contributed by atoms with van der Waals surface area (Å²) in [5, 5.41) is 10.5. The normalized spacial score (nSPS) is 19.9. The van der Waals surface area contributed by atoms with Crippen molar-refractivity contribution < 1.29 is 9.84 Å². The van der Waals surface area contributed by atoms with Crippen LogP contribution in [-0.4, -0.2) is 33.5 Å². The molecule has 1 aliphatic carbocycles. The number of imidazole rings is 1. The first-order valence-electron chi connectivity index (χ1n) is 7.98. The highest BCUT2D eigenvalue weighted by Gasteiger charge is 2.30. The van der Waals surface area contributed by atoms with Gasteiger partial charge in [0.1, 0.15) is 5.82 Å². The molecular weight excluding hydrogens is 252 g/mol. The van der Waals surface area contributed by atoms with E-state index in [-0.39, 0.29) is 12.2 Å². The number of aryl methyl sites for hydroxylation is 2. The van der Waals surface area contributed by atoms with Crippen molar-refractivity contribution in [3.8, 4) is 0 Å². The molecule has 1 aromatic heterocycles. The van der Waals surface area contributed by atoms with Gasteiger partial charge < -0.3 is 14.4 Å². The number of aliphatic hydroxyl groups is 1. The van der Waals surface area contributed by atoms with Crippen molar-refractivity contribution in [2.45, 2.75) is 64.1 Å². The average molecular weight is 280 g/mol. The zero-order valence-electron chi connectivity index (χ0n) is 12.8. The molecule has 0 saturated heterocycles. The number of aromatic nitrogens is 2. The van der Waals surface area contributed by atoms with E-state index in [0.29, 0.717) is 12.5 Å². The molecule has 20 heavy (non-hydrogen) atoms. The molecule has 0 radical (unpaired) electrons. The third-order valence-electron chi connectivity index (χ3n) is 4.44. The van der Waals surface area contributed by atoms with E-state index in [9.17, 15) is 5.11 Å². The van der Waals surface area contributed by atoms with Crippen LogP contribution in [0.25, 0.3) is 0 Å². The van der Waals surface area contributed by atoms with E-state index in [2.05, 4.69) is 4.98 Å². The second kappa shape index (κ2) is 7.79. The highest BCUT2D eigenvalue weighted by atomic mass is 16.5. The summed E-state index contributed by atoms with van der Waals surface area (Å²) < 4.78 is 7.88. The van der Waals surface area contributed by atoms with Crippen molar-refractivity contribution in [2.24, 2.45) is 13.0 Å². The van der Waals surface area contributed by atoms with Gasteiger partial charge in [-0.25, -0.2) is 4.98 Å². The van der Waals surface area contributed by atoms with Crippen LogP contribution in [-0.2, 0) is 18.2 Å². The first-order chi connectivity index (χ1) is 9.72. The van der Waals surface area contributed by atoms with Crippen LogP contribution in [0.2, 0.25) is 0 Å². The van der Waals surface area contributed by atoms with Gasteiger partial charge in [0.25, 0.3) is 0 Å². The summed E-state index contributed by atoms with van der Waals surface area (Å²) in [6.07, 6.45) is 11.2. The van der Waals surface area contributed by atoms with Gasteiger partial charge in [-0.1, -0.05) is 19.3 Å². The molecule has 114 valence electrons. The van der Waals surface area contributed by atoms with Crippen LogP contribution in [0.3, 0.4) is 0 Å². The maximum Gasteiger partial charge on any atom is 0.108 e. The van der Waals surface area contributed by atoms with Crippen molar-refractivity contribution in [2.75, 3.05) is 6.61 Å². The van der Waals surface area contributed by atoms with Crippen LogP contribution in [0.1, 0.15) is 51.3 Å². The number of aliphatic hydroxyl groups excluding tert-OH is 1. The Kier molecular flexibility index (Phi) is 6.05. The van der Waals surface area contributed by atoms with Crippen LogP contribution in [0.5, 0.6) is 0 Å². The van der Waals surface area contributed by atoms with Gasteiger partial charge in [0, 0.05) is 32.5 Å². The lowest BCUT2D eigenvalue weighted by molar-refractivity contribution is -0.0745. The van der Waals surface area contributed by atoms with Gasteiger partial charge >= 0.3 is 0 Å². The standard InChI is InChI=1S/C16H28N2O2/c1-3-20-16(13-7-5-4-6-8-13)14(19)9-10-15-17-11-12-18(15)2/h11-14,16,19H,3-10H2,1-2H3. The molecule has 0 aliphatic heterocycles. The molecule has 1 saturated carbocycles. The fourth-order valence-corrected chi connectivity index (χ4v) is 3.30. The smallest absolute Gasteiger partial charge is 0.108 e. The van der Waals surface area contributed by atoms with Gasteiger partial charge in [0.05, 0.1) is 12.2 Å². The minimum Gasteiger partial charge on any atom is -0.390 e. The van der Waals surface area contributed by atoms with E-state index in [1.165, 1.54) is 32.1 Å². The van der Waals surface area contributed by atoms with Gasteiger partial charge in [-0.3, -0.25) is 0 Å². The van der Waals surface area contributed by atoms with Crippen molar-refractivity contribution >= 4 is 0 Å². The highest BCUT2D eigenvalue weighted by Crippen LogP contribution is 2.30. The van der Waals surface area contributed by atoms with Gasteiger partial charge in [-0.2, -0.15) is 0 Å².